The quantitative estimate of drug-likeness (QED) is 0.173. The summed E-state index contributed by atoms with van der Waals surface area (Å²) >= 11 is 0. The molecule has 0 saturated heterocycles. The van der Waals surface area contributed by atoms with Crippen LogP contribution in [-0.4, -0.2) is 41.2 Å². The average Bonchev–Trinajstić information content (AvgIpc) is 2.65. The predicted molar refractivity (Wildman–Crippen MR) is 114 cm³/mol. The highest BCUT2D eigenvalue weighted by Crippen LogP contribution is 2.41. The Kier molecular flexibility index (Phi) is 10.1. The molecule has 3 N–H and O–H groups in total. The third-order valence-electron chi connectivity index (χ3n) is 4.13. The summed E-state index contributed by atoms with van der Waals surface area (Å²) in [5.74, 6) is -1.93. The van der Waals surface area contributed by atoms with Crippen molar-refractivity contribution in [2.75, 3.05) is 7.11 Å². The fraction of sp³-hybridized carbons (Fsp3) is 0.579. The van der Waals surface area contributed by atoms with Crippen molar-refractivity contribution in [2.24, 2.45) is 11.8 Å². The Morgan fingerprint density at radius 3 is 1.97 bits per heavy atom. The Balaban J connectivity index is 3.28. The van der Waals surface area contributed by atoms with E-state index >= 15 is 0 Å². The highest BCUT2D eigenvalue weighted by atomic mass is 31.2. The molecule has 0 radical (unpaired) electrons. The first kappa shape index (κ1) is 26.5. The number of ether oxygens (including phenoxy) is 1. The molecule has 1 rings (SSSR count). The van der Waals surface area contributed by atoms with Crippen molar-refractivity contribution in [3.05, 3.63) is 34.4 Å². The number of nitrogens with zero attached hydrogens (tertiary/aromatic N) is 1. The van der Waals surface area contributed by atoms with E-state index in [1.165, 1.54) is 19.2 Å². The van der Waals surface area contributed by atoms with Gasteiger partial charge in [0.25, 0.3) is 5.69 Å². The molecule has 12 heteroatoms. The number of carboxylic acids is 1. The number of nitro benzene ring substituents is 1. The van der Waals surface area contributed by atoms with Crippen LogP contribution in [0.5, 0.6) is 5.75 Å². The first-order chi connectivity index (χ1) is 14.4. The van der Waals surface area contributed by atoms with Crippen molar-refractivity contribution in [2.45, 2.75) is 52.6 Å². The third-order valence-corrected chi connectivity index (χ3v) is 5.90. The first-order valence-electron chi connectivity index (χ1n) is 9.77. The van der Waals surface area contributed by atoms with E-state index in [9.17, 15) is 29.4 Å². The van der Waals surface area contributed by atoms with Gasteiger partial charge in [0.05, 0.1) is 12.0 Å². The highest BCUT2D eigenvalue weighted by Gasteiger charge is 2.37. The first-order valence-corrected chi connectivity index (χ1v) is 11.4. The van der Waals surface area contributed by atoms with E-state index in [0.29, 0.717) is 0 Å². The van der Waals surface area contributed by atoms with Crippen LogP contribution in [0.15, 0.2) is 24.3 Å². The SMILES string of the molecule is COC(=O)C(CC(C)C)NP(=O)(NC(CC(C)C)C(=O)O)Oc1ccc([N+](=O)[O-])cc1. The number of nitrogens with one attached hydrogen (secondary N) is 2. The number of benzene rings is 1. The molecular formula is C19H30N3O8P. The highest BCUT2D eigenvalue weighted by molar-refractivity contribution is 7.55. The monoisotopic (exact) mass is 459 g/mol. The van der Waals surface area contributed by atoms with Gasteiger partial charge in [-0.05, 0) is 36.8 Å². The molecule has 0 heterocycles. The normalized spacial score (nSPS) is 15.2. The summed E-state index contributed by atoms with van der Waals surface area (Å²) in [6, 6.07) is 2.54. The Labute approximate surface area is 181 Å². The van der Waals surface area contributed by atoms with E-state index in [1.807, 2.05) is 27.7 Å². The number of carboxylic acid groups (broad SMARTS) is 1. The molecule has 1 aromatic carbocycles. The third kappa shape index (κ3) is 9.04. The zero-order valence-electron chi connectivity index (χ0n) is 18.2. The number of hydrogen-bond acceptors (Lipinski definition) is 7. The molecule has 0 aliphatic heterocycles. The summed E-state index contributed by atoms with van der Waals surface area (Å²) in [6.07, 6.45) is 0.404. The van der Waals surface area contributed by atoms with E-state index in [1.54, 1.807) is 0 Å². The molecule has 0 bridgehead atoms. The van der Waals surface area contributed by atoms with Crippen LogP contribution in [0, 0.1) is 22.0 Å². The van der Waals surface area contributed by atoms with Gasteiger partial charge in [0.2, 0.25) is 0 Å². The number of rotatable bonds is 13. The van der Waals surface area contributed by atoms with Crippen molar-refractivity contribution < 1.29 is 33.4 Å². The fourth-order valence-electron chi connectivity index (χ4n) is 2.77. The van der Waals surface area contributed by atoms with Gasteiger partial charge < -0.3 is 14.4 Å². The van der Waals surface area contributed by atoms with E-state index in [-0.39, 0.29) is 36.1 Å². The van der Waals surface area contributed by atoms with Gasteiger partial charge in [-0.1, -0.05) is 27.7 Å². The van der Waals surface area contributed by atoms with Gasteiger partial charge in [-0.25, -0.2) is 14.7 Å². The summed E-state index contributed by atoms with van der Waals surface area (Å²) in [5.41, 5.74) is -0.196. The van der Waals surface area contributed by atoms with Gasteiger partial charge in [-0.3, -0.25) is 19.7 Å². The van der Waals surface area contributed by atoms with Crippen LogP contribution in [0.25, 0.3) is 0 Å². The van der Waals surface area contributed by atoms with E-state index in [2.05, 4.69) is 10.2 Å². The van der Waals surface area contributed by atoms with Gasteiger partial charge in [0.15, 0.2) is 0 Å². The van der Waals surface area contributed by atoms with Crippen LogP contribution >= 0.6 is 7.67 Å². The molecule has 0 saturated carbocycles. The summed E-state index contributed by atoms with van der Waals surface area (Å²) < 4.78 is 24.0. The van der Waals surface area contributed by atoms with Crippen LogP contribution in [0.3, 0.4) is 0 Å². The molecule has 11 nitrogen and oxygen atoms in total. The van der Waals surface area contributed by atoms with Gasteiger partial charge >= 0.3 is 19.6 Å². The van der Waals surface area contributed by atoms with Crippen molar-refractivity contribution >= 4 is 25.3 Å². The maximum Gasteiger partial charge on any atom is 0.391 e. The molecule has 3 unspecified atom stereocenters. The molecule has 0 aliphatic carbocycles. The van der Waals surface area contributed by atoms with Gasteiger partial charge in [-0.2, -0.15) is 0 Å². The van der Waals surface area contributed by atoms with Crippen LogP contribution in [0.4, 0.5) is 5.69 Å². The Bertz CT molecular complexity index is 813. The minimum absolute atomic E-state index is 0.00391. The minimum Gasteiger partial charge on any atom is -0.480 e. The summed E-state index contributed by atoms with van der Waals surface area (Å²) in [4.78, 5) is 34.2. The lowest BCUT2D eigenvalue weighted by molar-refractivity contribution is -0.384. The molecule has 3 atom stereocenters. The largest absolute Gasteiger partial charge is 0.480 e. The van der Waals surface area contributed by atoms with Gasteiger partial charge in [0.1, 0.15) is 17.8 Å². The van der Waals surface area contributed by atoms with Crippen LogP contribution < -0.4 is 14.7 Å². The topological polar surface area (TPSA) is 157 Å². The summed E-state index contributed by atoms with van der Waals surface area (Å²) in [7, 11) is -2.99. The van der Waals surface area contributed by atoms with Gasteiger partial charge in [-0.15, -0.1) is 0 Å². The average molecular weight is 459 g/mol. The zero-order valence-corrected chi connectivity index (χ0v) is 19.1. The van der Waals surface area contributed by atoms with Crippen molar-refractivity contribution in [3.8, 4) is 5.75 Å². The minimum atomic E-state index is -4.18. The number of methoxy groups -OCH3 is 1. The molecule has 0 aromatic heterocycles. The number of hydrogen-bond donors (Lipinski definition) is 3. The van der Waals surface area contributed by atoms with Crippen molar-refractivity contribution in [3.63, 3.8) is 0 Å². The lowest BCUT2D eigenvalue weighted by Crippen LogP contribution is -2.45. The smallest absolute Gasteiger partial charge is 0.391 e. The van der Waals surface area contributed by atoms with Gasteiger partial charge in [0, 0.05) is 12.1 Å². The predicted octanol–water partition coefficient (Wildman–Crippen LogP) is 3.35. The summed E-state index contributed by atoms with van der Waals surface area (Å²) in [5, 5.41) is 25.5. The van der Waals surface area contributed by atoms with Crippen molar-refractivity contribution in [1.29, 1.82) is 0 Å². The molecule has 174 valence electrons. The molecule has 1 aromatic rings. The molecule has 0 aliphatic rings. The Hall–Kier alpha value is -2.49. The van der Waals surface area contributed by atoms with Crippen LogP contribution in [-0.2, 0) is 18.9 Å². The van der Waals surface area contributed by atoms with E-state index in [0.717, 1.165) is 12.1 Å². The molecule has 0 spiro atoms. The second kappa shape index (κ2) is 11.8. The lowest BCUT2D eigenvalue weighted by atomic mass is 10.1. The number of nitro groups is 1. The molecule has 0 fully saturated rings. The molecular weight excluding hydrogens is 429 g/mol. The standard InChI is InChI=1S/C19H30N3O8P/c1-12(2)10-16(18(23)24)20-31(28,21-17(11-13(3)4)19(25)29-5)30-15-8-6-14(7-9-15)22(26)27/h6-9,12-13,16-17H,10-11H2,1-5H3,(H,23,24)(H2,20,21,28). The zero-order chi connectivity index (χ0) is 23.8. The lowest BCUT2D eigenvalue weighted by Gasteiger charge is -2.28. The van der Waals surface area contributed by atoms with Crippen molar-refractivity contribution in [1.82, 2.24) is 10.2 Å². The Morgan fingerprint density at radius 2 is 1.55 bits per heavy atom. The Morgan fingerprint density at radius 1 is 1.06 bits per heavy atom. The number of aliphatic carboxylic acids is 1. The number of non-ortho nitro benzene ring substituents is 1. The summed E-state index contributed by atoms with van der Waals surface area (Å²) in [6.45, 7) is 7.32. The maximum absolute atomic E-state index is 13.7. The van der Waals surface area contributed by atoms with Crippen LogP contribution in [0.1, 0.15) is 40.5 Å². The fourth-order valence-corrected chi connectivity index (χ4v) is 4.62. The number of esters is 1. The molecule has 0 amide bonds. The maximum atomic E-state index is 13.7. The second-order valence-corrected chi connectivity index (χ2v) is 9.68. The van der Waals surface area contributed by atoms with E-state index < -0.39 is 36.6 Å². The number of carbonyl (C=O) groups excluding carboxylic acids is 1. The van der Waals surface area contributed by atoms with E-state index in [4.69, 9.17) is 9.26 Å². The second-order valence-electron chi connectivity index (χ2n) is 7.88. The van der Waals surface area contributed by atoms with Crippen LogP contribution in [0.2, 0.25) is 0 Å². The number of carbonyl (C=O) groups is 2. The molecule has 31 heavy (non-hydrogen) atoms.